The van der Waals surface area contributed by atoms with Gasteiger partial charge in [-0.2, -0.15) is 5.10 Å². The lowest BCUT2D eigenvalue weighted by Gasteiger charge is -2.18. The minimum atomic E-state index is -0.358. The van der Waals surface area contributed by atoms with E-state index in [-0.39, 0.29) is 11.8 Å². The molecule has 0 saturated carbocycles. The van der Waals surface area contributed by atoms with Gasteiger partial charge in [-0.05, 0) is 29.7 Å². The molecule has 0 bridgehead atoms. The van der Waals surface area contributed by atoms with Crippen molar-refractivity contribution >= 4 is 34.5 Å². The molecule has 0 aliphatic carbocycles. The molecule has 3 heterocycles. The van der Waals surface area contributed by atoms with Crippen LogP contribution in [0.25, 0.3) is 11.0 Å². The molecule has 0 unspecified atom stereocenters. The fraction of sp³-hybridized carbons (Fsp3) is 0.333. The van der Waals surface area contributed by atoms with Gasteiger partial charge in [0.25, 0.3) is 0 Å². The second kappa shape index (κ2) is 10.9. The van der Waals surface area contributed by atoms with E-state index in [4.69, 9.17) is 9.97 Å². The van der Waals surface area contributed by atoms with E-state index in [1.165, 1.54) is 12.8 Å². The zero-order valence-corrected chi connectivity index (χ0v) is 20.7. The van der Waals surface area contributed by atoms with Crippen molar-refractivity contribution < 1.29 is 4.79 Å². The number of aromatic nitrogens is 4. The van der Waals surface area contributed by atoms with Crippen molar-refractivity contribution in [2.45, 2.75) is 37.4 Å². The summed E-state index contributed by atoms with van der Waals surface area (Å²) < 4.78 is 1.89. The largest absolute Gasteiger partial charge is 0.356 e. The van der Waals surface area contributed by atoms with Gasteiger partial charge in [0.05, 0.1) is 24.0 Å². The monoisotopic (exact) mass is 486 g/mol. The molecule has 35 heavy (non-hydrogen) atoms. The van der Waals surface area contributed by atoms with Crippen molar-refractivity contribution in [3.63, 3.8) is 0 Å². The van der Waals surface area contributed by atoms with Crippen LogP contribution < -0.4 is 10.2 Å². The molecular formula is C27H30N6OS. The Labute approximate surface area is 210 Å². The van der Waals surface area contributed by atoms with E-state index >= 15 is 0 Å². The summed E-state index contributed by atoms with van der Waals surface area (Å²) in [5, 5.41) is 9.50. The lowest BCUT2D eigenvalue weighted by atomic mass is 9.90. The van der Waals surface area contributed by atoms with Crippen molar-refractivity contribution in [3.8, 4) is 0 Å². The van der Waals surface area contributed by atoms with Crippen molar-refractivity contribution in [2.24, 2.45) is 0 Å². The third-order valence-corrected chi connectivity index (χ3v) is 7.01. The molecule has 1 saturated heterocycles. The van der Waals surface area contributed by atoms with Crippen molar-refractivity contribution in [2.75, 3.05) is 30.3 Å². The van der Waals surface area contributed by atoms with E-state index in [0.717, 1.165) is 52.0 Å². The van der Waals surface area contributed by atoms with E-state index in [2.05, 4.69) is 22.2 Å². The van der Waals surface area contributed by atoms with Gasteiger partial charge in [-0.1, -0.05) is 79.3 Å². The van der Waals surface area contributed by atoms with Gasteiger partial charge < -0.3 is 10.2 Å². The standard InChI is InChI=1S/C27H30N6OS/c1-2-35-27-30-24(32-16-9-10-17-32)22-19-29-33(25(22)31-27)18-15-28-26(34)23(20-11-5-3-6-12-20)21-13-7-4-8-14-21/h3-8,11-14,19,23H,2,9-10,15-18H2,1H3,(H,28,34). The Morgan fingerprint density at radius 3 is 2.29 bits per heavy atom. The maximum Gasteiger partial charge on any atom is 0.232 e. The quantitative estimate of drug-likeness (QED) is 0.278. The SMILES string of the molecule is CCSc1nc(N2CCCC2)c2cnn(CCNC(=O)C(c3ccccc3)c3ccccc3)c2n1. The summed E-state index contributed by atoms with van der Waals surface area (Å²) in [6.07, 6.45) is 4.24. The summed E-state index contributed by atoms with van der Waals surface area (Å²) in [6.45, 7) is 5.15. The number of hydrogen-bond acceptors (Lipinski definition) is 6. The maximum atomic E-state index is 13.3. The summed E-state index contributed by atoms with van der Waals surface area (Å²) >= 11 is 1.64. The number of carbonyl (C=O) groups excluding carboxylic acids is 1. The average molecular weight is 487 g/mol. The number of amides is 1. The summed E-state index contributed by atoms with van der Waals surface area (Å²) in [5.41, 5.74) is 2.78. The molecule has 4 aromatic rings. The van der Waals surface area contributed by atoms with Crippen LogP contribution in [0.15, 0.2) is 72.0 Å². The van der Waals surface area contributed by atoms with E-state index in [0.29, 0.717) is 13.1 Å². The fourth-order valence-electron chi connectivity index (χ4n) is 4.62. The number of benzene rings is 2. The second-order valence-corrected chi connectivity index (χ2v) is 9.84. The molecule has 0 atom stereocenters. The van der Waals surface area contributed by atoms with Gasteiger partial charge >= 0.3 is 0 Å². The molecule has 1 N–H and O–H groups in total. The van der Waals surface area contributed by atoms with Crippen molar-refractivity contribution in [1.82, 2.24) is 25.1 Å². The highest BCUT2D eigenvalue weighted by atomic mass is 32.2. The molecule has 8 heteroatoms. The predicted molar refractivity (Wildman–Crippen MR) is 141 cm³/mol. The number of rotatable bonds is 9. The van der Waals surface area contributed by atoms with Crippen LogP contribution in [0.5, 0.6) is 0 Å². The molecule has 0 radical (unpaired) electrons. The fourth-order valence-corrected chi connectivity index (χ4v) is 5.18. The van der Waals surface area contributed by atoms with Gasteiger partial charge in [0.15, 0.2) is 10.8 Å². The zero-order valence-electron chi connectivity index (χ0n) is 19.9. The molecule has 1 amide bonds. The smallest absolute Gasteiger partial charge is 0.232 e. The normalized spacial score (nSPS) is 13.6. The molecule has 2 aromatic carbocycles. The van der Waals surface area contributed by atoms with Gasteiger partial charge in [-0.25, -0.2) is 14.6 Å². The maximum absolute atomic E-state index is 13.3. The summed E-state index contributed by atoms with van der Waals surface area (Å²) in [4.78, 5) is 25.3. The van der Waals surface area contributed by atoms with Crippen LogP contribution in [0.4, 0.5) is 5.82 Å². The van der Waals surface area contributed by atoms with Gasteiger partial charge in [-0.3, -0.25) is 4.79 Å². The van der Waals surface area contributed by atoms with Gasteiger partial charge in [0.2, 0.25) is 5.91 Å². The summed E-state index contributed by atoms with van der Waals surface area (Å²) in [7, 11) is 0. The molecular weight excluding hydrogens is 456 g/mol. The van der Waals surface area contributed by atoms with Crippen LogP contribution >= 0.6 is 11.8 Å². The first-order valence-corrected chi connectivity index (χ1v) is 13.2. The first kappa shape index (κ1) is 23.4. The summed E-state index contributed by atoms with van der Waals surface area (Å²) in [5.74, 6) is 1.51. The Kier molecular flexibility index (Phi) is 7.28. The Bertz CT molecular complexity index is 1230. The molecule has 180 valence electrons. The molecule has 1 fully saturated rings. The molecule has 1 aliphatic rings. The summed E-state index contributed by atoms with van der Waals surface area (Å²) in [6, 6.07) is 19.8. The topological polar surface area (TPSA) is 75.9 Å². The highest BCUT2D eigenvalue weighted by Crippen LogP contribution is 2.29. The van der Waals surface area contributed by atoms with E-state index in [9.17, 15) is 4.79 Å². The third kappa shape index (κ3) is 5.17. The number of anilines is 1. The van der Waals surface area contributed by atoms with Gasteiger partial charge in [0.1, 0.15) is 5.82 Å². The number of hydrogen-bond donors (Lipinski definition) is 1. The van der Waals surface area contributed by atoms with Crippen molar-refractivity contribution in [1.29, 1.82) is 0 Å². The first-order valence-electron chi connectivity index (χ1n) is 12.2. The Hall–Kier alpha value is -3.39. The number of carbonyl (C=O) groups is 1. The Balaban J connectivity index is 1.35. The zero-order chi connectivity index (χ0) is 24.0. The molecule has 7 nitrogen and oxygen atoms in total. The Morgan fingerprint density at radius 1 is 1.00 bits per heavy atom. The van der Waals surface area contributed by atoms with Gasteiger partial charge in [0, 0.05) is 19.6 Å². The molecule has 5 rings (SSSR count). The van der Waals surface area contributed by atoms with Crippen LogP contribution in [0.3, 0.4) is 0 Å². The highest BCUT2D eigenvalue weighted by molar-refractivity contribution is 7.99. The van der Waals surface area contributed by atoms with E-state index < -0.39 is 0 Å². The second-order valence-electron chi connectivity index (χ2n) is 8.61. The average Bonchev–Trinajstić information content (AvgIpc) is 3.56. The lowest BCUT2D eigenvalue weighted by molar-refractivity contribution is -0.121. The van der Waals surface area contributed by atoms with Gasteiger partial charge in [-0.15, -0.1) is 0 Å². The first-order chi connectivity index (χ1) is 17.2. The highest BCUT2D eigenvalue weighted by Gasteiger charge is 2.23. The molecule has 2 aromatic heterocycles. The van der Waals surface area contributed by atoms with Crippen LogP contribution in [0.2, 0.25) is 0 Å². The van der Waals surface area contributed by atoms with Crippen LogP contribution in [-0.2, 0) is 11.3 Å². The number of nitrogens with one attached hydrogen (secondary N) is 1. The third-order valence-electron chi connectivity index (χ3n) is 6.29. The van der Waals surface area contributed by atoms with Crippen LogP contribution in [-0.4, -0.2) is 51.0 Å². The lowest BCUT2D eigenvalue weighted by Crippen LogP contribution is -2.32. The van der Waals surface area contributed by atoms with Crippen molar-refractivity contribution in [3.05, 3.63) is 78.0 Å². The van der Waals surface area contributed by atoms with E-state index in [1.807, 2.05) is 71.5 Å². The number of nitrogens with zero attached hydrogens (tertiary/aromatic N) is 5. The minimum Gasteiger partial charge on any atom is -0.356 e. The van der Waals surface area contributed by atoms with Crippen LogP contribution in [0, 0.1) is 0 Å². The minimum absolute atomic E-state index is 0.0199. The predicted octanol–water partition coefficient (Wildman–Crippen LogP) is 4.49. The number of thioether (sulfide) groups is 1. The van der Waals surface area contributed by atoms with Crippen LogP contribution in [0.1, 0.15) is 36.8 Å². The number of fused-ring (bicyclic) bond motifs is 1. The molecule has 0 spiro atoms. The molecule has 1 aliphatic heterocycles. The Morgan fingerprint density at radius 2 is 1.66 bits per heavy atom. The van der Waals surface area contributed by atoms with E-state index in [1.54, 1.807) is 11.8 Å².